The lowest BCUT2D eigenvalue weighted by atomic mass is 10.1. The molecular formula is C20H15F3N4O5S. The molecule has 2 heterocycles. The van der Waals surface area contributed by atoms with Gasteiger partial charge < -0.3 is 9.80 Å². The van der Waals surface area contributed by atoms with E-state index in [0.717, 1.165) is 16.8 Å². The number of non-ortho nitro benzene ring substituents is 1. The highest BCUT2D eigenvalue weighted by atomic mass is 32.1. The number of benzene rings is 2. The average molecular weight is 480 g/mol. The molecule has 1 saturated heterocycles. The normalized spacial score (nSPS) is 14.5. The molecule has 1 aromatic heterocycles. The van der Waals surface area contributed by atoms with E-state index in [0.29, 0.717) is 16.3 Å². The minimum absolute atomic E-state index is 0.0641. The number of thiophene rings is 1. The van der Waals surface area contributed by atoms with Crippen molar-refractivity contribution in [3.05, 3.63) is 73.1 Å². The Balaban J connectivity index is 1.50. The van der Waals surface area contributed by atoms with Gasteiger partial charge >= 0.3 is 6.18 Å². The fourth-order valence-electron chi connectivity index (χ4n) is 3.67. The first-order valence-electron chi connectivity index (χ1n) is 9.62. The summed E-state index contributed by atoms with van der Waals surface area (Å²) < 4.78 is 39.5. The maximum absolute atomic E-state index is 12.9. The molecule has 0 unspecified atom stereocenters. The molecule has 1 amide bonds. The number of anilines is 1. The Morgan fingerprint density at radius 2 is 1.64 bits per heavy atom. The zero-order valence-corrected chi connectivity index (χ0v) is 17.6. The van der Waals surface area contributed by atoms with Crippen LogP contribution in [0.1, 0.15) is 15.2 Å². The maximum atomic E-state index is 12.9. The van der Waals surface area contributed by atoms with E-state index < -0.39 is 27.3 Å². The van der Waals surface area contributed by atoms with Gasteiger partial charge in [0.2, 0.25) is 0 Å². The first-order chi connectivity index (χ1) is 15.5. The highest BCUT2D eigenvalue weighted by Crippen LogP contribution is 2.37. The first kappa shape index (κ1) is 22.5. The van der Waals surface area contributed by atoms with Gasteiger partial charge in [0, 0.05) is 54.5 Å². The summed E-state index contributed by atoms with van der Waals surface area (Å²) in [6.07, 6.45) is -4.70. The quantitative estimate of drug-likeness (QED) is 0.396. The fourth-order valence-corrected chi connectivity index (χ4v) is 4.68. The summed E-state index contributed by atoms with van der Waals surface area (Å²) in [5, 5.41) is 22.9. The number of hydrogen-bond donors (Lipinski definition) is 0. The standard InChI is InChI=1S/C20H15F3N4O5S/c21-20(22,23)13-1-3-15(16(11-13)27(31)32)24-5-7-25(8-6-24)19(28)18-10-12-9-14(26(29)30)2-4-17(12)33-18/h1-4,9-11H,5-8H2. The average Bonchev–Trinajstić information content (AvgIpc) is 3.21. The number of nitro benzene ring substituents is 2. The van der Waals surface area contributed by atoms with Gasteiger partial charge in [-0.15, -0.1) is 11.3 Å². The third kappa shape index (κ3) is 4.44. The van der Waals surface area contributed by atoms with Gasteiger partial charge in [-0.05, 0) is 24.3 Å². The topological polar surface area (TPSA) is 110 Å². The van der Waals surface area contributed by atoms with Crippen molar-refractivity contribution in [2.24, 2.45) is 0 Å². The van der Waals surface area contributed by atoms with Gasteiger partial charge in [-0.25, -0.2) is 0 Å². The first-order valence-corrected chi connectivity index (χ1v) is 10.4. The molecule has 1 fully saturated rings. The van der Waals surface area contributed by atoms with Gasteiger partial charge in [0.05, 0.1) is 20.3 Å². The van der Waals surface area contributed by atoms with E-state index in [1.54, 1.807) is 21.9 Å². The second kappa shape index (κ2) is 8.31. The predicted octanol–water partition coefficient (Wildman–Crippen LogP) is 4.70. The predicted molar refractivity (Wildman–Crippen MR) is 115 cm³/mol. The number of amides is 1. The van der Waals surface area contributed by atoms with Crippen molar-refractivity contribution in [2.45, 2.75) is 6.18 Å². The van der Waals surface area contributed by atoms with Crippen LogP contribution in [0.15, 0.2) is 42.5 Å². The number of fused-ring (bicyclic) bond motifs is 1. The molecule has 4 rings (SSSR count). The van der Waals surface area contributed by atoms with Crippen LogP contribution in [-0.4, -0.2) is 46.8 Å². The number of halogens is 3. The largest absolute Gasteiger partial charge is 0.416 e. The van der Waals surface area contributed by atoms with Crippen molar-refractivity contribution < 1.29 is 27.8 Å². The van der Waals surface area contributed by atoms with Crippen LogP contribution in [0.2, 0.25) is 0 Å². The van der Waals surface area contributed by atoms with Gasteiger partial charge in [0.15, 0.2) is 0 Å². The summed E-state index contributed by atoms with van der Waals surface area (Å²) in [5.41, 5.74) is -1.76. The van der Waals surface area contributed by atoms with E-state index in [1.807, 2.05) is 0 Å². The van der Waals surface area contributed by atoms with Crippen molar-refractivity contribution in [1.29, 1.82) is 0 Å². The van der Waals surface area contributed by atoms with Gasteiger partial charge in [0.1, 0.15) is 5.69 Å². The van der Waals surface area contributed by atoms with E-state index in [4.69, 9.17) is 0 Å². The van der Waals surface area contributed by atoms with Crippen LogP contribution in [0.4, 0.5) is 30.2 Å². The van der Waals surface area contributed by atoms with Crippen LogP contribution < -0.4 is 4.90 Å². The number of carbonyl (C=O) groups is 1. The smallest absolute Gasteiger partial charge is 0.362 e. The summed E-state index contributed by atoms with van der Waals surface area (Å²) in [4.78, 5) is 37.4. The number of rotatable bonds is 4. The van der Waals surface area contributed by atoms with Crippen molar-refractivity contribution in [3.8, 4) is 0 Å². The molecule has 0 aliphatic carbocycles. The third-order valence-electron chi connectivity index (χ3n) is 5.33. The Kier molecular flexibility index (Phi) is 5.66. The molecule has 172 valence electrons. The molecule has 0 radical (unpaired) electrons. The van der Waals surface area contributed by atoms with Gasteiger partial charge in [-0.2, -0.15) is 13.2 Å². The molecule has 13 heteroatoms. The zero-order valence-electron chi connectivity index (χ0n) is 16.7. The Hall–Kier alpha value is -3.74. The van der Waals surface area contributed by atoms with Crippen LogP contribution in [0.3, 0.4) is 0 Å². The molecule has 1 aliphatic heterocycles. The minimum atomic E-state index is -4.70. The number of carbonyl (C=O) groups excluding carboxylic acids is 1. The summed E-state index contributed by atoms with van der Waals surface area (Å²) in [6.45, 7) is 0.833. The van der Waals surface area contributed by atoms with Crippen LogP contribution in [0.5, 0.6) is 0 Å². The minimum Gasteiger partial charge on any atom is -0.362 e. The zero-order chi connectivity index (χ0) is 23.9. The summed E-state index contributed by atoms with van der Waals surface area (Å²) in [5.74, 6) is -0.277. The van der Waals surface area contributed by atoms with Crippen LogP contribution in [0, 0.1) is 20.2 Å². The van der Waals surface area contributed by atoms with Gasteiger partial charge in [0.25, 0.3) is 17.3 Å². The van der Waals surface area contributed by atoms with E-state index >= 15 is 0 Å². The van der Waals surface area contributed by atoms with Crippen molar-refractivity contribution >= 4 is 44.4 Å². The molecule has 3 aromatic rings. The lowest BCUT2D eigenvalue weighted by Gasteiger charge is -2.35. The number of hydrogen-bond acceptors (Lipinski definition) is 7. The Morgan fingerprint density at radius 3 is 2.24 bits per heavy atom. The highest BCUT2D eigenvalue weighted by Gasteiger charge is 2.34. The van der Waals surface area contributed by atoms with Crippen molar-refractivity contribution in [3.63, 3.8) is 0 Å². The van der Waals surface area contributed by atoms with Gasteiger partial charge in [-0.3, -0.25) is 25.0 Å². The molecule has 1 aliphatic rings. The number of nitro groups is 2. The van der Waals surface area contributed by atoms with Crippen LogP contribution in [-0.2, 0) is 6.18 Å². The monoisotopic (exact) mass is 480 g/mol. The van der Waals surface area contributed by atoms with Gasteiger partial charge in [-0.1, -0.05) is 0 Å². The molecule has 0 atom stereocenters. The summed E-state index contributed by atoms with van der Waals surface area (Å²) in [6, 6.07) is 8.32. The SMILES string of the molecule is O=C(c1cc2cc([N+](=O)[O-])ccc2s1)N1CCN(c2ccc(C(F)(F)F)cc2[N+](=O)[O-])CC1. The van der Waals surface area contributed by atoms with E-state index in [-0.39, 0.29) is 43.5 Å². The summed E-state index contributed by atoms with van der Waals surface area (Å²) in [7, 11) is 0. The Labute approximate surface area is 187 Å². The number of piperazine rings is 1. The second-order valence-corrected chi connectivity index (χ2v) is 8.41. The molecule has 0 bridgehead atoms. The molecule has 33 heavy (non-hydrogen) atoms. The Morgan fingerprint density at radius 1 is 0.939 bits per heavy atom. The second-order valence-electron chi connectivity index (χ2n) is 7.33. The van der Waals surface area contributed by atoms with E-state index in [1.165, 1.54) is 23.5 Å². The lowest BCUT2D eigenvalue weighted by Crippen LogP contribution is -2.48. The van der Waals surface area contributed by atoms with Crippen molar-refractivity contribution in [2.75, 3.05) is 31.1 Å². The molecular weight excluding hydrogens is 465 g/mol. The fraction of sp³-hybridized carbons (Fsp3) is 0.250. The van der Waals surface area contributed by atoms with E-state index in [2.05, 4.69) is 0 Å². The molecule has 9 nitrogen and oxygen atoms in total. The third-order valence-corrected chi connectivity index (χ3v) is 6.43. The van der Waals surface area contributed by atoms with E-state index in [9.17, 15) is 38.2 Å². The Bertz CT molecular complexity index is 1270. The van der Waals surface area contributed by atoms with Crippen LogP contribution in [0.25, 0.3) is 10.1 Å². The molecule has 0 spiro atoms. The highest BCUT2D eigenvalue weighted by molar-refractivity contribution is 7.20. The maximum Gasteiger partial charge on any atom is 0.416 e. The molecule has 0 N–H and O–H groups in total. The number of alkyl halides is 3. The molecule has 2 aromatic carbocycles. The molecule has 0 saturated carbocycles. The van der Waals surface area contributed by atoms with Crippen LogP contribution >= 0.6 is 11.3 Å². The number of nitrogens with zero attached hydrogens (tertiary/aromatic N) is 4. The van der Waals surface area contributed by atoms with Crippen molar-refractivity contribution in [1.82, 2.24) is 4.90 Å². The lowest BCUT2D eigenvalue weighted by molar-refractivity contribution is -0.384. The summed E-state index contributed by atoms with van der Waals surface area (Å²) >= 11 is 1.20.